The molecule has 25 heavy (non-hydrogen) atoms. The summed E-state index contributed by atoms with van der Waals surface area (Å²) in [7, 11) is 0. The van der Waals surface area contributed by atoms with E-state index in [0.29, 0.717) is 12.0 Å². The Bertz CT molecular complexity index is 839. The number of aromatic nitrogens is 1. The summed E-state index contributed by atoms with van der Waals surface area (Å²) in [5, 5.41) is 8.41. The van der Waals surface area contributed by atoms with Crippen molar-refractivity contribution in [3.63, 3.8) is 0 Å². The molecule has 1 heterocycles. The first kappa shape index (κ1) is 18.5. The first-order valence-corrected chi connectivity index (χ1v) is 7.37. The molecule has 1 aromatic carbocycles. The predicted octanol–water partition coefficient (Wildman–Crippen LogP) is 2.42. The van der Waals surface area contributed by atoms with Crippen LogP contribution in [0.25, 0.3) is 6.08 Å². The zero-order valence-corrected chi connectivity index (χ0v) is 13.0. The van der Waals surface area contributed by atoms with Crippen molar-refractivity contribution in [2.45, 2.75) is 19.4 Å². The van der Waals surface area contributed by atoms with E-state index in [1.54, 1.807) is 6.07 Å². The molecule has 0 atom stereocenters. The van der Waals surface area contributed by atoms with Gasteiger partial charge in [0.2, 0.25) is 0 Å². The monoisotopic (exact) mass is 352 g/mol. The van der Waals surface area contributed by atoms with E-state index in [4.69, 9.17) is 5.21 Å². The lowest BCUT2D eigenvalue weighted by Gasteiger charge is -2.07. The van der Waals surface area contributed by atoms with Crippen LogP contribution in [-0.2, 0) is 17.8 Å². The van der Waals surface area contributed by atoms with Gasteiger partial charge in [0.15, 0.2) is 17.5 Å². The van der Waals surface area contributed by atoms with Crippen LogP contribution in [-0.4, -0.2) is 15.7 Å². The molecule has 0 fully saturated rings. The van der Waals surface area contributed by atoms with E-state index in [9.17, 15) is 22.8 Å². The minimum atomic E-state index is -1.51. The lowest BCUT2D eigenvalue weighted by atomic mass is 10.1. The number of aryl methyl sites for hydroxylation is 2. The third-order valence-corrected chi connectivity index (χ3v) is 3.48. The van der Waals surface area contributed by atoms with Gasteiger partial charge in [-0.2, -0.15) is 0 Å². The number of rotatable bonds is 6. The van der Waals surface area contributed by atoms with Gasteiger partial charge < -0.3 is 4.57 Å². The third-order valence-electron chi connectivity index (χ3n) is 3.48. The Hall–Kier alpha value is -2.87. The first-order chi connectivity index (χ1) is 11.9. The van der Waals surface area contributed by atoms with Gasteiger partial charge in [-0.3, -0.25) is 14.8 Å². The average molecular weight is 352 g/mol. The quantitative estimate of drug-likeness (QED) is 0.363. The van der Waals surface area contributed by atoms with Crippen molar-refractivity contribution >= 4 is 12.0 Å². The molecular weight excluding hydrogens is 337 g/mol. The molecule has 0 unspecified atom stereocenters. The molecule has 0 aliphatic rings. The molecule has 2 rings (SSSR count). The van der Waals surface area contributed by atoms with E-state index in [-0.39, 0.29) is 24.1 Å². The maximum Gasteiger partial charge on any atom is 0.267 e. The van der Waals surface area contributed by atoms with Crippen molar-refractivity contribution in [2.24, 2.45) is 0 Å². The Balaban J connectivity index is 2.05. The number of carbonyl (C=O) groups is 1. The highest BCUT2D eigenvalue weighted by Crippen LogP contribution is 2.15. The van der Waals surface area contributed by atoms with Gasteiger partial charge in [-0.15, -0.1) is 0 Å². The van der Waals surface area contributed by atoms with Crippen LogP contribution in [0.3, 0.4) is 0 Å². The summed E-state index contributed by atoms with van der Waals surface area (Å²) in [6.45, 7) is 0.271. The Kier molecular flexibility index (Phi) is 6.13. The van der Waals surface area contributed by atoms with Gasteiger partial charge in [0.25, 0.3) is 11.5 Å². The molecule has 132 valence electrons. The number of carbonyl (C=O) groups excluding carboxylic acids is 1. The molecular formula is C17H15F3N2O3. The summed E-state index contributed by atoms with van der Waals surface area (Å²) in [4.78, 5) is 23.2. The lowest BCUT2D eigenvalue weighted by Crippen LogP contribution is -2.22. The summed E-state index contributed by atoms with van der Waals surface area (Å²) in [5.41, 5.74) is 1.58. The van der Waals surface area contributed by atoms with Gasteiger partial charge in [-0.1, -0.05) is 0 Å². The largest absolute Gasteiger partial charge is 0.315 e. The highest BCUT2D eigenvalue weighted by Gasteiger charge is 2.10. The lowest BCUT2D eigenvalue weighted by molar-refractivity contribution is -0.124. The molecule has 0 radical (unpaired) electrons. The fourth-order valence-corrected chi connectivity index (χ4v) is 2.27. The number of pyridine rings is 1. The number of hydrogen-bond acceptors (Lipinski definition) is 3. The zero-order chi connectivity index (χ0) is 18.4. The van der Waals surface area contributed by atoms with Crippen LogP contribution in [0.2, 0.25) is 0 Å². The van der Waals surface area contributed by atoms with Crippen LogP contribution in [0.4, 0.5) is 13.2 Å². The molecule has 0 bridgehead atoms. The van der Waals surface area contributed by atoms with Gasteiger partial charge in [-0.05, 0) is 48.7 Å². The van der Waals surface area contributed by atoms with Crippen LogP contribution in [0.5, 0.6) is 0 Å². The normalized spacial score (nSPS) is 11.0. The summed E-state index contributed by atoms with van der Waals surface area (Å²) < 4.78 is 40.6. The summed E-state index contributed by atoms with van der Waals surface area (Å²) in [6, 6.07) is 4.96. The number of amides is 1. The van der Waals surface area contributed by atoms with E-state index in [2.05, 4.69) is 0 Å². The molecule has 0 saturated heterocycles. The molecule has 0 saturated carbocycles. The Morgan fingerprint density at radius 2 is 1.92 bits per heavy atom. The van der Waals surface area contributed by atoms with E-state index in [0.717, 1.165) is 18.2 Å². The third kappa shape index (κ3) is 4.80. The maximum atomic E-state index is 13.2. The summed E-state index contributed by atoms with van der Waals surface area (Å²) >= 11 is 0. The number of halogens is 3. The Morgan fingerprint density at radius 3 is 2.56 bits per heavy atom. The molecule has 0 aliphatic heterocycles. The highest BCUT2D eigenvalue weighted by atomic mass is 19.2. The van der Waals surface area contributed by atoms with Gasteiger partial charge in [0, 0.05) is 24.4 Å². The molecule has 1 amide bonds. The zero-order valence-electron chi connectivity index (χ0n) is 13.0. The summed E-state index contributed by atoms with van der Waals surface area (Å²) in [6.07, 6.45) is 4.46. The minimum Gasteiger partial charge on any atom is -0.315 e. The number of nitrogens with one attached hydrogen (secondary N) is 1. The molecule has 5 nitrogen and oxygen atoms in total. The number of hydroxylamine groups is 1. The standard InChI is InChI=1S/C17H15F3N2O3/c18-13-9-11(10-14(19)16(13)20)3-1-7-22-8-2-4-12(17(22)24)5-6-15(23)21-25/h2,4-6,8-10,25H,1,3,7H2,(H,21,23)/b6-5+. The van der Waals surface area contributed by atoms with Crippen LogP contribution in [0, 0.1) is 17.5 Å². The van der Waals surface area contributed by atoms with E-state index < -0.39 is 23.4 Å². The van der Waals surface area contributed by atoms with Crippen LogP contribution < -0.4 is 11.0 Å². The number of nitrogens with zero attached hydrogens (tertiary/aromatic N) is 1. The van der Waals surface area contributed by atoms with Crippen molar-refractivity contribution in [2.75, 3.05) is 0 Å². The van der Waals surface area contributed by atoms with Crippen molar-refractivity contribution in [1.82, 2.24) is 10.0 Å². The van der Waals surface area contributed by atoms with E-state index >= 15 is 0 Å². The molecule has 0 spiro atoms. The number of hydrogen-bond donors (Lipinski definition) is 2. The highest BCUT2D eigenvalue weighted by molar-refractivity contribution is 5.90. The molecule has 2 N–H and O–H groups in total. The van der Waals surface area contributed by atoms with Crippen LogP contribution >= 0.6 is 0 Å². The molecule has 8 heteroatoms. The van der Waals surface area contributed by atoms with Crippen LogP contribution in [0.15, 0.2) is 41.3 Å². The molecule has 1 aromatic heterocycles. The topological polar surface area (TPSA) is 71.3 Å². The average Bonchev–Trinajstić information content (AvgIpc) is 2.59. The first-order valence-electron chi connectivity index (χ1n) is 7.37. The second kappa shape index (κ2) is 8.29. The maximum absolute atomic E-state index is 13.2. The van der Waals surface area contributed by atoms with Crippen molar-refractivity contribution in [1.29, 1.82) is 0 Å². The van der Waals surface area contributed by atoms with Gasteiger partial charge in [0.05, 0.1) is 0 Å². The second-order valence-electron chi connectivity index (χ2n) is 5.25. The van der Waals surface area contributed by atoms with Crippen molar-refractivity contribution in [3.05, 3.63) is 75.5 Å². The SMILES string of the molecule is O=C(/C=C/c1cccn(CCCc2cc(F)c(F)c(F)c2)c1=O)NO. The van der Waals surface area contributed by atoms with Gasteiger partial charge in [-0.25, -0.2) is 18.7 Å². The van der Waals surface area contributed by atoms with E-state index in [1.807, 2.05) is 0 Å². The Labute approximate surface area is 141 Å². The van der Waals surface area contributed by atoms with E-state index in [1.165, 1.54) is 28.4 Å². The predicted molar refractivity (Wildman–Crippen MR) is 84.3 cm³/mol. The smallest absolute Gasteiger partial charge is 0.267 e. The van der Waals surface area contributed by atoms with Crippen molar-refractivity contribution in [3.8, 4) is 0 Å². The second-order valence-corrected chi connectivity index (χ2v) is 5.25. The van der Waals surface area contributed by atoms with Crippen LogP contribution in [0.1, 0.15) is 17.5 Å². The van der Waals surface area contributed by atoms with Gasteiger partial charge in [0.1, 0.15) is 0 Å². The summed E-state index contributed by atoms with van der Waals surface area (Å²) in [5.74, 6) is -4.77. The fourth-order valence-electron chi connectivity index (χ4n) is 2.27. The van der Waals surface area contributed by atoms with Crippen molar-refractivity contribution < 1.29 is 23.2 Å². The molecule has 0 aliphatic carbocycles. The minimum absolute atomic E-state index is 0.241. The molecule has 2 aromatic rings. The Morgan fingerprint density at radius 1 is 1.24 bits per heavy atom. The van der Waals surface area contributed by atoms with Gasteiger partial charge >= 0.3 is 0 Å². The number of benzene rings is 1. The fraction of sp³-hybridized carbons (Fsp3) is 0.176.